The summed E-state index contributed by atoms with van der Waals surface area (Å²) in [6, 6.07) is 0. The second-order valence-electron chi connectivity index (χ2n) is 10.5. The SMILES string of the molecule is CC(C)=C[C@@H]1C[C@H](C)[C@H]2CC[C@H](C)c3c(O)c(O[C@H]4O[C@H](C)[C@H](O)[C@H](O)[C@H]4O)c(C)c1c32. The lowest BCUT2D eigenvalue weighted by molar-refractivity contribution is -0.268. The van der Waals surface area contributed by atoms with Gasteiger partial charge in [-0.3, -0.25) is 0 Å². The second kappa shape index (κ2) is 8.64. The molecule has 0 saturated carbocycles. The van der Waals surface area contributed by atoms with E-state index in [1.165, 1.54) is 16.7 Å². The molecule has 6 heteroatoms. The first kappa shape index (κ1) is 23.6. The Kier molecular flexibility index (Phi) is 6.36. The molecule has 0 unspecified atom stereocenters. The van der Waals surface area contributed by atoms with E-state index in [-0.39, 0.29) is 17.6 Å². The molecule has 9 atom stereocenters. The standard InChI is InChI=1S/C26H38O6/c1-11(2)9-16-10-13(4)17-8-7-12(3)18-20(17)19(16)14(5)25(22(18)28)32-26-24(30)23(29)21(27)15(6)31-26/h9,12-13,15-17,21,23-24,26-30H,7-8,10H2,1-6H3/t12-,13-,15+,16+,17+,21-,23-,24+,26+/m0/s1. The maximum Gasteiger partial charge on any atom is 0.229 e. The van der Waals surface area contributed by atoms with Crippen LogP contribution >= 0.6 is 0 Å². The van der Waals surface area contributed by atoms with Crippen molar-refractivity contribution in [2.24, 2.45) is 5.92 Å². The van der Waals surface area contributed by atoms with Gasteiger partial charge in [0, 0.05) is 11.5 Å². The molecule has 1 heterocycles. The molecule has 0 aromatic heterocycles. The average molecular weight is 447 g/mol. The molecular formula is C26H38O6. The summed E-state index contributed by atoms with van der Waals surface area (Å²) in [7, 11) is 0. The van der Waals surface area contributed by atoms with Gasteiger partial charge in [0.1, 0.15) is 18.3 Å². The maximum atomic E-state index is 11.4. The van der Waals surface area contributed by atoms with Gasteiger partial charge in [0.25, 0.3) is 0 Å². The van der Waals surface area contributed by atoms with Crippen molar-refractivity contribution in [1.82, 2.24) is 0 Å². The number of allylic oxidation sites excluding steroid dienone is 2. The number of ether oxygens (including phenoxy) is 2. The minimum Gasteiger partial charge on any atom is -0.504 e. The lowest BCUT2D eigenvalue weighted by Gasteiger charge is -2.44. The third-order valence-corrected chi connectivity index (χ3v) is 7.83. The molecule has 6 nitrogen and oxygen atoms in total. The molecule has 1 aliphatic heterocycles. The minimum absolute atomic E-state index is 0.118. The number of hydrogen-bond acceptors (Lipinski definition) is 6. The molecule has 1 aromatic carbocycles. The first-order chi connectivity index (χ1) is 15.0. The Hall–Kier alpha value is -1.60. The number of rotatable bonds is 3. The Morgan fingerprint density at radius 1 is 0.969 bits per heavy atom. The Labute approximate surface area is 190 Å². The van der Waals surface area contributed by atoms with Gasteiger partial charge in [-0.25, -0.2) is 0 Å². The molecule has 32 heavy (non-hydrogen) atoms. The van der Waals surface area contributed by atoms with Gasteiger partial charge in [-0.05, 0) is 81.4 Å². The van der Waals surface area contributed by atoms with E-state index < -0.39 is 30.7 Å². The first-order valence-corrected chi connectivity index (χ1v) is 11.9. The summed E-state index contributed by atoms with van der Waals surface area (Å²) in [6.45, 7) is 12.3. The van der Waals surface area contributed by atoms with Crippen LogP contribution < -0.4 is 4.74 Å². The highest BCUT2D eigenvalue weighted by atomic mass is 16.7. The highest BCUT2D eigenvalue weighted by molar-refractivity contribution is 5.64. The van der Waals surface area contributed by atoms with E-state index in [0.29, 0.717) is 17.6 Å². The van der Waals surface area contributed by atoms with E-state index in [1.54, 1.807) is 6.92 Å². The number of phenolic OH excluding ortho intramolecular Hbond substituents is 1. The molecule has 3 aliphatic rings. The fourth-order valence-corrected chi connectivity index (χ4v) is 6.17. The van der Waals surface area contributed by atoms with E-state index >= 15 is 0 Å². The van der Waals surface area contributed by atoms with Crippen LogP contribution in [-0.4, -0.2) is 51.1 Å². The number of aliphatic hydroxyl groups is 3. The van der Waals surface area contributed by atoms with Gasteiger partial charge in [-0.15, -0.1) is 0 Å². The number of hydrogen-bond donors (Lipinski definition) is 4. The van der Waals surface area contributed by atoms with Crippen LogP contribution in [0.2, 0.25) is 0 Å². The van der Waals surface area contributed by atoms with E-state index in [2.05, 4.69) is 33.8 Å². The van der Waals surface area contributed by atoms with E-state index in [9.17, 15) is 20.4 Å². The van der Waals surface area contributed by atoms with Crippen molar-refractivity contribution in [2.45, 2.75) is 109 Å². The fourth-order valence-electron chi connectivity index (χ4n) is 6.17. The lowest BCUT2D eigenvalue weighted by atomic mass is 9.62. The Morgan fingerprint density at radius 3 is 2.31 bits per heavy atom. The molecule has 1 aromatic rings. The third-order valence-electron chi connectivity index (χ3n) is 7.83. The van der Waals surface area contributed by atoms with Gasteiger partial charge in [0.15, 0.2) is 11.5 Å². The van der Waals surface area contributed by atoms with E-state index in [1.807, 2.05) is 6.92 Å². The van der Waals surface area contributed by atoms with Gasteiger partial charge in [0.05, 0.1) is 6.10 Å². The summed E-state index contributed by atoms with van der Waals surface area (Å²) >= 11 is 0. The molecule has 4 rings (SSSR count). The summed E-state index contributed by atoms with van der Waals surface area (Å²) in [6.07, 6.45) is -0.415. The maximum absolute atomic E-state index is 11.4. The van der Waals surface area contributed by atoms with Crippen LogP contribution in [-0.2, 0) is 4.74 Å². The fraction of sp³-hybridized carbons (Fsp3) is 0.692. The zero-order chi connectivity index (χ0) is 23.5. The zero-order valence-corrected chi connectivity index (χ0v) is 20.0. The number of benzene rings is 1. The lowest BCUT2D eigenvalue weighted by Crippen LogP contribution is -2.58. The molecule has 1 saturated heterocycles. The summed E-state index contributed by atoms with van der Waals surface area (Å²) in [5.41, 5.74) is 5.57. The summed E-state index contributed by atoms with van der Waals surface area (Å²) in [4.78, 5) is 0. The van der Waals surface area contributed by atoms with Crippen molar-refractivity contribution in [3.05, 3.63) is 33.9 Å². The molecule has 4 N–H and O–H groups in total. The molecule has 0 spiro atoms. The Balaban J connectivity index is 1.85. The van der Waals surface area contributed by atoms with Gasteiger partial charge >= 0.3 is 0 Å². The van der Waals surface area contributed by atoms with Crippen molar-refractivity contribution in [1.29, 1.82) is 0 Å². The normalized spacial score (nSPS) is 38.7. The van der Waals surface area contributed by atoms with Crippen LogP contribution in [0.4, 0.5) is 0 Å². The summed E-state index contributed by atoms with van der Waals surface area (Å²) in [5, 5.41) is 42.1. The number of aliphatic hydroxyl groups excluding tert-OH is 3. The summed E-state index contributed by atoms with van der Waals surface area (Å²) in [5.74, 6) is 1.81. The monoisotopic (exact) mass is 446 g/mol. The Morgan fingerprint density at radius 2 is 1.66 bits per heavy atom. The average Bonchev–Trinajstić information content (AvgIpc) is 2.72. The molecule has 0 amide bonds. The Bertz CT molecular complexity index is 904. The van der Waals surface area contributed by atoms with Crippen molar-refractivity contribution in [3.63, 3.8) is 0 Å². The molecule has 2 aliphatic carbocycles. The smallest absolute Gasteiger partial charge is 0.229 e. The van der Waals surface area contributed by atoms with Crippen molar-refractivity contribution < 1.29 is 29.9 Å². The molecule has 178 valence electrons. The highest BCUT2D eigenvalue weighted by Crippen LogP contribution is 2.58. The van der Waals surface area contributed by atoms with Gasteiger partial charge in [0.2, 0.25) is 6.29 Å². The van der Waals surface area contributed by atoms with E-state index in [4.69, 9.17) is 9.47 Å². The van der Waals surface area contributed by atoms with Crippen LogP contribution in [0, 0.1) is 12.8 Å². The molecule has 0 bridgehead atoms. The van der Waals surface area contributed by atoms with Crippen LogP contribution in [0.5, 0.6) is 11.5 Å². The van der Waals surface area contributed by atoms with Gasteiger partial charge in [-0.2, -0.15) is 0 Å². The van der Waals surface area contributed by atoms with Crippen molar-refractivity contribution >= 4 is 0 Å². The molecule has 1 fully saturated rings. The van der Waals surface area contributed by atoms with Crippen molar-refractivity contribution in [2.75, 3.05) is 0 Å². The predicted molar refractivity (Wildman–Crippen MR) is 122 cm³/mol. The molecular weight excluding hydrogens is 408 g/mol. The van der Waals surface area contributed by atoms with Crippen LogP contribution in [0.25, 0.3) is 0 Å². The van der Waals surface area contributed by atoms with Crippen molar-refractivity contribution in [3.8, 4) is 11.5 Å². The van der Waals surface area contributed by atoms with Crippen LogP contribution in [0.15, 0.2) is 11.6 Å². The number of aromatic hydroxyl groups is 1. The van der Waals surface area contributed by atoms with Crippen LogP contribution in [0.3, 0.4) is 0 Å². The number of phenols is 1. The quantitative estimate of drug-likeness (QED) is 0.524. The summed E-state index contributed by atoms with van der Waals surface area (Å²) < 4.78 is 11.8. The molecule has 0 radical (unpaired) electrons. The van der Waals surface area contributed by atoms with E-state index in [0.717, 1.165) is 30.4 Å². The second-order valence-corrected chi connectivity index (χ2v) is 10.5. The third kappa shape index (κ3) is 3.75. The zero-order valence-electron chi connectivity index (χ0n) is 20.0. The highest BCUT2D eigenvalue weighted by Gasteiger charge is 2.45. The topological polar surface area (TPSA) is 99.4 Å². The van der Waals surface area contributed by atoms with Crippen LogP contribution in [0.1, 0.15) is 93.9 Å². The minimum atomic E-state index is -1.42. The largest absolute Gasteiger partial charge is 0.504 e. The van der Waals surface area contributed by atoms with Gasteiger partial charge in [-0.1, -0.05) is 25.5 Å². The first-order valence-electron chi connectivity index (χ1n) is 11.9. The van der Waals surface area contributed by atoms with Gasteiger partial charge < -0.3 is 29.9 Å². The predicted octanol–water partition coefficient (Wildman–Crippen LogP) is 3.98.